The summed E-state index contributed by atoms with van der Waals surface area (Å²) < 4.78 is 0.970. The van der Waals surface area contributed by atoms with Crippen LogP contribution in [0.5, 0.6) is 0 Å². The molecule has 3 heterocycles. The number of nitrogens with one attached hydrogen (secondary N) is 2. The summed E-state index contributed by atoms with van der Waals surface area (Å²) in [4.78, 5) is 25.1. The van der Waals surface area contributed by atoms with Crippen molar-refractivity contribution in [2.75, 3.05) is 5.32 Å². The molecule has 0 saturated heterocycles. The minimum atomic E-state index is -0.112. The molecule has 0 saturated carbocycles. The first kappa shape index (κ1) is 17.1. The molecule has 27 heavy (non-hydrogen) atoms. The van der Waals surface area contributed by atoms with Crippen LogP contribution in [0.15, 0.2) is 67.3 Å². The second-order valence-corrected chi connectivity index (χ2v) is 6.99. The van der Waals surface area contributed by atoms with Crippen molar-refractivity contribution in [1.29, 1.82) is 0 Å². The van der Waals surface area contributed by atoms with Crippen molar-refractivity contribution in [3.8, 4) is 0 Å². The highest BCUT2D eigenvalue weighted by Crippen LogP contribution is 2.27. The Bertz CT molecular complexity index is 1050. The number of nitrogens with zero attached hydrogens (tertiary/aromatic N) is 3. The van der Waals surface area contributed by atoms with E-state index in [-0.39, 0.29) is 5.91 Å². The Morgan fingerprint density at radius 3 is 2.41 bits per heavy atom. The lowest BCUT2D eigenvalue weighted by Gasteiger charge is -2.04. The summed E-state index contributed by atoms with van der Waals surface area (Å²) in [6, 6.07) is 13.3. The topological polar surface area (TPSA) is 79.8 Å². The molecule has 0 atom stereocenters. The van der Waals surface area contributed by atoms with Gasteiger partial charge in [-0.25, -0.2) is 4.98 Å². The molecule has 6 nitrogen and oxygen atoms in total. The molecular weight excluding hydrogens is 358 g/mol. The summed E-state index contributed by atoms with van der Waals surface area (Å²) in [5.41, 5.74) is 3.55. The van der Waals surface area contributed by atoms with Gasteiger partial charge in [0.2, 0.25) is 0 Å². The number of fused-ring (bicyclic) bond motifs is 1. The molecule has 0 aliphatic heterocycles. The van der Waals surface area contributed by atoms with E-state index in [0.29, 0.717) is 18.7 Å². The van der Waals surface area contributed by atoms with E-state index >= 15 is 0 Å². The second-order valence-electron chi connectivity index (χ2n) is 5.96. The zero-order valence-electron chi connectivity index (χ0n) is 14.4. The summed E-state index contributed by atoms with van der Waals surface area (Å²) in [6.07, 6.45) is 7.03. The number of aromatic nitrogens is 3. The number of thiazole rings is 1. The molecule has 1 amide bonds. The predicted octanol–water partition coefficient (Wildman–Crippen LogP) is 3.63. The minimum absolute atomic E-state index is 0.112. The lowest BCUT2D eigenvalue weighted by atomic mass is 10.2. The number of benzene rings is 1. The highest BCUT2D eigenvalue weighted by Gasteiger charge is 2.09. The number of rotatable bonds is 6. The van der Waals surface area contributed by atoms with Crippen LogP contribution in [0.3, 0.4) is 0 Å². The highest BCUT2D eigenvalue weighted by molar-refractivity contribution is 7.22. The fraction of sp³-hybridized carbons (Fsp3) is 0.100. The van der Waals surface area contributed by atoms with Crippen molar-refractivity contribution < 1.29 is 4.79 Å². The van der Waals surface area contributed by atoms with Crippen molar-refractivity contribution in [1.82, 2.24) is 20.3 Å². The molecule has 0 aliphatic rings. The van der Waals surface area contributed by atoms with Crippen LogP contribution in [0.25, 0.3) is 10.2 Å². The molecule has 0 bridgehead atoms. The Hall–Kier alpha value is -3.32. The van der Waals surface area contributed by atoms with Crippen LogP contribution in [0, 0.1) is 0 Å². The summed E-state index contributed by atoms with van der Waals surface area (Å²) in [5, 5.41) is 7.04. The molecule has 134 valence electrons. The molecule has 4 aromatic rings. The molecule has 3 aromatic heterocycles. The molecule has 0 fully saturated rings. The molecule has 4 rings (SSSR count). The summed E-state index contributed by atoms with van der Waals surface area (Å²) in [5.74, 6) is -0.112. The average molecular weight is 375 g/mol. The lowest BCUT2D eigenvalue weighted by molar-refractivity contribution is 0.0951. The maximum absolute atomic E-state index is 12.4. The standard InChI is InChI=1S/C20H17N5OS/c26-19(23-12-14-3-1-7-21-10-14)16-5-6-17-18(9-16)27-20(25-17)24-13-15-4-2-8-22-11-15/h1-11H,12-13H2,(H,23,26)(H,24,25). The zero-order chi connectivity index (χ0) is 18.5. The Balaban J connectivity index is 1.43. The molecule has 0 radical (unpaired) electrons. The van der Waals surface area contributed by atoms with E-state index in [1.165, 1.54) is 11.3 Å². The molecule has 1 aromatic carbocycles. The van der Waals surface area contributed by atoms with Gasteiger partial charge in [0.1, 0.15) is 0 Å². The van der Waals surface area contributed by atoms with E-state index in [9.17, 15) is 4.79 Å². The number of pyridine rings is 2. The minimum Gasteiger partial charge on any atom is -0.357 e. The largest absolute Gasteiger partial charge is 0.357 e. The van der Waals surface area contributed by atoms with Gasteiger partial charge < -0.3 is 10.6 Å². The van der Waals surface area contributed by atoms with Crippen LogP contribution < -0.4 is 10.6 Å². The molecule has 7 heteroatoms. The summed E-state index contributed by atoms with van der Waals surface area (Å²) in [6.45, 7) is 1.11. The maximum Gasteiger partial charge on any atom is 0.251 e. The van der Waals surface area contributed by atoms with Crippen molar-refractivity contribution in [3.63, 3.8) is 0 Å². The quantitative estimate of drug-likeness (QED) is 0.538. The van der Waals surface area contributed by atoms with Gasteiger partial charge in [0.15, 0.2) is 5.13 Å². The fourth-order valence-corrected chi connectivity index (χ4v) is 3.51. The molecule has 0 unspecified atom stereocenters. The number of hydrogen-bond acceptors (Lipinski definition) is 6. The monoisotopic (exact) mass is 375 g/mol. The lowest BCUT2D eigenvalue weighted by Crippen LogP contribution is -2.22. The first-order valence-corrected chi connectivity index (χ1v) is 9.30. The van der Waals surface area contributed by atoms with Gasteiger partial charge >= 0.3 is 0 Å². The SMILES string of the molecule is O=C(NCc1cccnc1)c1ccc2nc(NCc3cccnc3)sc2c1. The summed E-state index contributed by atoms with van der Waals surface area (Å²) >= 11 is 1.53. The Morgan fingerprint density at radius 2 is 1.70 bits per heavy atom. The van der Waals surface area contributed by atoms with Gasteiger partial charge in [-0.2, -0.15) is 0 Å². The fourth-order valence-electron chi connectivity index (χ4n) is 2.61. The van der Waals surface area contributed by atoms with E-state index in [4.69, 9.17) is 0 Å². The first-order chi connectivity index (χ1) is 13.3. The number of amides is 1. The second kappa shape index (κ2) is 7.92. The van der Waals surface area contributed by atoms with Crippen LogP contribution in [-0.4, -0.2) is 20.9 Å². The van der Waals surface area contributed by atoms with Gasteiger partial charge in [0.25, 0.3) is 5.91 Å². The molecule has 2 N–H and O–H groups in total. The predicted molar refractivity (Wildman–Crippen MR) is 107 cm³/mol. The van der Waals surface area contributed by atoms with Gasteiger partial charge in [0.05, 0.1) is 10.2 Å². The van der Waals surface area contributed by atoms with Gasteiger partial charge in [-0.1, -0.05) is 23.5 Å². The van der Waals surface area contributed by atoms with E-state index in [1.54, 1.807) is 24.7 Å². The third-order valence-corrected chi connectivity index (χ3v) is 4.97. The van der Waals surface area contributed by atoms with Crippen molar-refractivity contribution in [3.05, 3.63) is 83.9 Å². The van der Waals surface area contributed by atoms with Gasteiger partial charge in [-0.15, -0.1) is 0 Å². The Labute approximate surface area is 160 Å². The summed E-state index contributed by atoms with van der Waals surface area (Å²) in [7, 11) is 0. The van der Waals surface area contributed by atoms with E-state index in [0.717, 1.165) is 26.5 Å². The van der Waals surface area contributed by atoms with Crippen LogP contribution >= 0.6 is 11.3 Å². The highest BCUT2D eigenvalue weighted by atomic mass is 32.1. The van der Waals surface area contributed by atoms with Crippen LogP contribution in [0.1, 0.15) is 21.5 Å². The van der Waals surface area contributed by atoms with Gasteiger partial charge in [-0.05, 0) is 41.5 Å². The molecular formula is C20H17N5OS. The van der Waals surface area contributed by atoms with Crippen LogP contribution in [-0.2, 0) is 13.1 Å². The Morgan fingerprint density at radius 1 is 0.963 bits per heavy atom. The van der Waals surface area contributed by atoms with Crippen molar-refractivity contribution >= 4 is 32.6 Å². The van der Waals surface area contributed by atoms with E-state index < -0.39 is 0 Å². The molecule has 0 aliphatic carbocycles. The maximum atomic E-state index is 12.4. The Kier molecular flexibility index (Phi) is 5.02. The number of hydrogen-bond donors (Lipinski definition) is 2. The van der Waals surface area contributed by atoms with Crippen LogP contribution in [0.2, 0.25) is 0 Å². The van der Waals surface area contributed by atoms with Gasteiger partial charge in [0, 0.05) is 43.4 Å². The number of carbonyl (C=O) groups is 1. The normalized spacial score (nSPS) is 10.7. The van der Waals surface area contributed by atoms with Gasteiger partial charge in [-0.3, -0.25) is 14.8 Å². The smallest absolute Gasteiger partial charge is 0.251 e. The van der Waals surface area contributed by atoms with Crippen LogP contribution in [0.4, 0.5) is 5.13 Å². The average Bonchev–Trinajstić information content (AvgIpc) is 3.14. The third-order valence-electron chi connectivity index (χ3n) is 3.99. The number of carbonyl (C=O) groups excluding carboxylic acids is 1. The van der Waals surface area contributed by atoms with Crippen molar-refractivity contribution in [2.45, 2.75) is 13.1 Å². The number of anilines is 1. The third kappa shape index (κ3) is 4.27. The first-order valence-electron chi connectivity index (χ1n) is 8.48. The zero-order valence-corrected chi connectivity index (χ0v) is 15.2. The van der Waals surface area contributed by atoms with Crippen molar-refractivity contribution in [2.24, 2.45) is 0 Å². The van der Waals surface area contributed by atoms with E-state index in [2.05, 4.69) is 25.6 Å². The molecule has 0 spiro atoms. The van der Waals surface area contributed by atoms with E-state index in [1.807, 2.05) is 42.6 Å².